The van der Waals surface area contributed by atoms with Gasteiger partial charge in [-0.2, -0.15) is 0 Å². The third-order valence-electron chi connectivity index (χ3n) is 5.41. The van der Waals surface area contributed by atoms with E-state index in [1.165, 1.54) is 11.8 Å². The molecule has 0 radical (unpaired) electrons. The van der Waals surface area contributed by atoms with E-state index in [0.717, 1.165) is 11.4 Å². The van der Waals surface area contributed by atoms with Crippen molar-refractivity contribution < 1.29 is 4.79 Å². The number of nitrogens with one attached hydrogen (secondary N) is 1. The molecule has 32 heavy (non-hydrogen) atoms. The molecule has 0 aliphatic rings. The molecule has 2 aromatic heterocycles. The van der Waals surface area contributed by atoms with E-state index < -0.39 is 0 Å². The molecule has 1 amide bonds. The number of thioether (sulfide) groups is 1. The third-order valence-corrected chi connectivity index (χ3v) is 7.45. The minimum atomic E-state index is -0.0733. The topological polar surface area (TPSA) is 67.2 Å². The van der Waals surface area contributed by atoms with Crippen LogP contribution in [-0.2, 0) is 11.3 Å². The van der Waals surface area contributed by atoms with Crippen molar-refractivity contribution in [2.24, 2.45) is 0 Å². The lowest BCUT2D eigenvalue weighted by atomic mass is 10.2. The summed E-state index contributed by atoms with van der Waals surface area (Å²) in [5.41, 5.74) is 0.603. The molecule has 3 rings (SSSR count). The first-order valence-corrected chi connectivity index (χ1v) is 12.8. The smallest absolute Gasteiger partial charge is 0.262 e. The summed E-state index contributed by atoms with van der Waals surface area (Å²) in [5.74, 6) is 0.134. The van der Waals surface area contributed by atoms with Gasteiger partial charge in [-0.3, -0.25) is 19.1 Å². The maximum absolute atomic E-state index is 13.3. The molecule has 8 heteroatoms. The molecule has 0 aliphatic carbocycles. The van der Waals surface area contributed by atoms with Gasteiger partial charge in [-0.15, -0.1) is 11.3 Å². The molecule has 172 valence electrons. The molecule has 3 aromatic rings. The Labute approximate surface area is 198 Å². The summed E-state index contributed by atoms with van der Waals surface area (Å²) in [7, 11) is 0. The first-order valence-electron chi connectivity index (χ1n) is 11.0. The number of benzene rings is 1. The van der Waals surface area contributed by atoms with Gasteiger partial charge in [0.2, 0.25) is 5.91 Å². The van der Waals surface area contributed by atoms with E-state index in [-0.39, 0.29) is 23.3 Å². The van der Waals surface area contributed by atoms with Gasteiger partial charge >= 0.3 is 0 Å². The molecule has 0 spiro atoms. The summed E-state index contributed by atoms with van der Waals surface area (Å²) in [4.78, 5) is 34.1. The van der Waals surface area contributed by atoms with Crippen molar-refractivity contribution in [3.63, 3.8) is 0 Å². The average molecular weight is 473 g/mol. The Morgan fingerprint density at radius 2 is 1.84 bits per heavy atom. The van der Waals surface area contributed by atoms with Gasteiger partial charge in [0.05, 0.1) is 22.7 Å². The number of carbonyl (C=O) groups excluding carboxylic acids is 1. The zero-order valence-corrected chi connectivity index (χ0v) is 21.0. The number of rotatable bonds is 10. The van der Waals surface area contributed by atoms with Crippen molar-refractivity contribution in [2.45, 2.75) is 64.4 Å². The highest BCUT2D eigenvalue weighted by molar-refractivity contribution is 7.99. The van der Waals surface area contributed by atoms with Crippen LogP contribution in [0.15, 0.2) is 51.7 Å². The second-order valence-corrected chi connectivity index (χ2v) is 10.3. The van der Waals surface area contributed by atoms with E-state index in [9.17, 15) is 9.59 Å². The number of hydrogen-bond acceptors (Lipinski definition) is 6. The van der Waals surface area contributed by atoms with Gasteiger partial charge < -0.3 is 5.32 Å². The highest BCUT2D eigenvalue weighted by atomic mass is 32.2. The SMILES string of the molecule is CC(NC(=O)CSc1nc2ccccc2c(=O)n1CCN(C(C)C)C(C)C)c1cccs1. The molecule has 0 aliphatic heterocycles. The lowest BCUT2D eigenvalue weighted by Gasteiger charge is -2.30. The zero-order chi connectivity index (χ0) is 23.3. The molecule has 0 saturated heterocycles. The Balaban J connectivity index is 1.80. The van der Waals surface area contributed by atoms with Crippen molar-refractivity contribution in [2.75, 3.05) is 12.3 Å². The Hall–Kier alpha value is -2.16. The highest BCUT2D eigenvalue weighted by Crippen LogP contribution is 2.21. The molecule has 1 N–H and O–H groups in total. The molecule has 0 fully saturated rings. The number of hydrogen-bond donors (Lipinski definition) is 1. The Morgan fingerprint density at radius 1 is 1.12 bits per heavy atom. The van der Waals surface area contributed by atoms with E-state index in [2.05, 4.69) is 37.9 Å². The van der Waals surface area contributed by atoms with Crippen molar-refractivity contribution in [1.82, 2.24) is 19.8 Å². The molecule has 6 nitrogen and oxygen atoms in total. The third kappa shape index (κ3) is 5.99. The largest absolute Gasteiger partial charge is 0.348 e. The van der Waals surface area contributed by atoms with Crippen LogP contribution in [0.2, 0.25) is 0 Å². The molecular formula is C24H32N4O2S2. The first-order chi connectivity index (χ1) is 15.3. The fraction of sp³-hybridized carbons (Fsp3) is 0.458. The Morgan fingerprint density at radius 3 is 2.50 bits per heavy atom. The minimum Gasteiger partial charge on any atom is -0.348 e. The lowest BCUT2D eigenvalue weighted by Crippen LogP contribution is -2.40. The number of aromatic nitrogens is 2. The molecule has 0 saturated carbocycles. The van der Waals surface area contributed by atoms with E-state index in [1.54, 1.807) is 15.9 Å². The van der Waals surface area contributed by atoms with Crippen LogP contribution in [0.5, 0.6) is 0 Å². The van der Waals surface area contributed by atoms with E-state index >= 15 is 0 Å². The maximum atomic E-state index is 13.3. The van der Waals surface area contributed by atoms with E-state index in [1.807, 2.05) is 48.7 Å². The van der Waals surface area contributed by atoms with Crippen LogP contribution in [0.1, 0.15) is 45.5 Å². The minimum absolute atomic E-state index is 0.0412. The molecule has 1 aromatic carbocycles. The van der Waals surface area contributed by atoms with Gasteiger partial charge in [0.1, 0.15) is 0 Å². The normalized spacial score (nSPS) is 12.8. The predicted octanol–water partition coefficient (Wildman–Crippen LogP) is 4.55. The summed E-state index contributed by atoms with van der Waals surface area (Å²) < 4.78 is 1.72. The van der Waals surface area contributed by atoms with Crippen LogP contribution in [0.25, 0.3) is 10.9 Å². The van der Waals surface area contributed by atoms with Crippen molar-refractivity contribution >= 4 is 39.9 Å². The lowest BCUT2D eigenvalue weighted by molar-refractivity contribution is -0.119. The maximum Gasteiger partial charge on any atom is 0.262 e. The number of carbonyl (C=O) groups is 1. The molecule has 1 atom stereocenters. The van der Waals surface area contributed by atoms with Crippen LogP contribution < -0.4 is 10.9 Å². The molecular weight excluding hydrogens is 440 g/mol. The standard InChI is InChI=1S/C24H32N4O2S2/c1-16(2)27(17(3)4)12-13-28-23(30)19-9-6-7-10-20(19)26-24(28)32-15-22(29)25-18(5)21-11-8-14-31-21/h6-11,14,16-18H,12-13,15H2,1-5H3,(H,25,29). The van der Waals surface area contributed by atoms with E-state index in [4.69, 9.17) is 4.98 Å². The van der Waals surface area contributed by atoms with Crippen LogP contribution in [0, 0.1) is 0 Å². The van der Waals surface area contributed by atoms with Gasteiger partial charge in [-0.1, -0.05) is 30.0 Å². The summed E-state index contributed by atoms with van der Waals surface area (Å²) >= 11 is 2.94. The van der Waals surface area contributed by atoms with Crippen molar-refractivity contribution in [3.8, 4) is 0 Å². The fourth-order valence-electron chi connectivity index (χ4n) is 3.81. The number of amides is 1. The summed E-state index contributed by atoms with van der Waals surface area (Å²) in [6, 6.07) is 12.1. The Bertz CT molecular complexity index is 1090. The zero-order valence-electron chi connectivity index (χ0n) is 19.4. The number of thiophene rings is 1. The monoisotopic (exact) mass is 472 g/mol. The number of fused-ring (bicyclic) bond motifs is 1. The van der Waals surface area contributed by atoms with Crippen LogP contribution in [-0.4, -0.2) is 44.7 Å². The average Bonchev–Trinajstić information content (AvgIpc) is 3.28. The second kappa shape index (κ2) is 11.1. The van der Waals surface area contributed by atoms with Crippen molar-refractivity contribution in [3.05, 3.63) is 57.0 Å². The number of para-hydroxylation sites is 1. The van der Waals surface area contributed by atoms with Crippen LogP contribution in [0.4, 0.5) is 0 Å². The van der Waals surface area contributed by atoms with Gasteiger partial charge in [0.15, 0.2) is 5.16 Å². The fourth-order valence-corrected chi connectivity index (χ4v) is 5.38. The van der Waals surface area contributed by atoms with Gasteiger partial charge in [0.25, 0.3) is 5.56 Å². The van der Waals surface area contributed by atoms with Gasteiger partial charge in [-0.25, -0.2) is 4.98 Å². The van der Waals surface area contributed by atoms with E-state index in [0.29, 0.717) is 34.7 Å². The predicted molar refractivity (Wildman–Crippen MR) is 135 cm³/mol. The molecule has 2 heterocycles. The quantitative estimate of drug-likeness (QED) is 0.346. The number of nitrogens with zero attached hydrogens (tertiary/aromatic N) is 3. The second-order valence-electron chi connectivity index (χ2n) is 8.39. The molecule has 1 unspecified atom stereocenters. The highest BCUT2D eigenvalue weighted by Gasteiger charge is 2.18. The molecule has 0 bridgehead atoms. The first kappa shape index (κ1) is 24.5. The van der Waals surface area contributed by atoms with Gasteiger partial charge in [-0.05, 0) is 58.2 Å². The van der Waals surface area contributed by atoms with Crippen LogP contribution >= 0.6 is 23.1 Å². The van der Waals surface area contributed by atoms with Crippen LogP contribution in [0.3, 0.4) is 0 Å². The summed E-state index contributed by atoms with van der Waals surface area (Å²) in [6.07, 6.45) is 0. The van der Waals surface area contributed by atoms with Gasteiger partial charge in [0, 0.05) is 30.1 Å². The van der Waals surface area contributed by atoms with Crippen molar-refractivity contribution in [1.29, 1.82) is 0 Å². The Kier molecular flexibility index (Phi) is 8.51. The summed E-state index contributed by atoms with van der Waals surface area (Å²) in [6.45, 7) is 11.9. The summed E-state index contributed by atoms with van der Waals surface area (Å²) in [5, 5.41) is 6.22.